The monoisotopic (exact) mass is 212 g/mol. The van der Waals surface area contributed by atoms with Crippen molar-refractivity contribution in [2.24, 2.45) is 0 Å². The molecule has 1 rings (SSSR count). The van der Waals surface area contributed by atoms with E-state index in [0.29, 0.717) is 18.1 Å². The van der Waals surface area contributed by atoms with Gasteiger partial charge >= 0.3 is 0 Å². The Balaban J connectivity index is 2.66. The summed E-state index contributed by atoms with van der Waals surface area (Å²) in [6.07, 6.45) is 0. The summed E-state index contributed by atoms with van der Waals surface area (Å²) in [6, 6.07) is 4.48. The molecule has 1 nitrogen and oxygen atoms in total. The molecule has 0 saturated heterocycles. The van der Waals surface area contributed by atoms with E-state index in [-0.39, 0.29) is 5.82 Å². The first kappa shape index (κ1) is 11.1. The van der Waals surface area contributed by atoms with Crippen molar-refractivity contribution in [1.29, 1.82) is 0 Å². The van der Waals surface area contributed by atoms with Gasteiger partial charge in [0.15, 0.2) is 0 Å². The van der Waals surface area contributed by atoms with Crippen LogP contribution >= 0.6 is 12.6 Å². The molecule has 0 N–H and O–H groups in total. The van der Waals surface area contributed by atoms with Gasteiger partial charge in [0.2, 0.25) is 0 Å². The molecule has 0 fully saturated rings. The normalized spacial score (nSPS) is 9.93. The molecule has 0 aliphatic heterocycles. The molecule has 0 aromatic heterocycles. The maximum Gasteiger partial charge on any atom is 0.126 e. The van der Waals surface area contributed by atoms with E-state index >= 15 is 0 Å². The van der Waals surface area contributed by atoms with E-state index in [1.165, 1.54) is 12.1 Å². The van der Waals surface area contributed by atoms with Gasteiger partial charge in [-0.1, -0.05) is 12.6 Å². The summed E-state index contributed by atoms with van der Waals surface area (Å²) in [5, 5.41) is 0. The minimum atomic E-state index is -0.290. The van der Waals surface area contributed by atoms with Gasteiger partial charge in [0.1, 0.15) is 18.2 Å². The van der Waals surface area contributed by atoms with Gasteiger partial charge in [-0.2, -0.15) is 12.6 Å². The third-order valence-corrected chi connectivity index (χ3v) is 2.25. The third-order valence-electron chi connectivity index (χ3n) is 1.81. The van der Waals surface area contributed by atoms with Gasteiger partial charge < -0.3 is 4.74 Å². The zero-order valence-electron chi connectivity index (χ0n) is 8.09. The highest BCUT2D eigenvalue weighted by atomic mass is 32.1. The van der Waals surface area contributed by atoms with Crippen LogP contribution in [0, 0.1) is 12.7 Å². The molecule has 0 atom stereocenters. The number of aryl methyl sites for hydroxylation is 1. The Morgan fingerprint density at radius 2 is 2.29 bits per heavy atom. The van der Waals surface area contributed by atoms with Crippen LogP contribution in [0.15, 0.2) is 30.4 Å². The summed E-state index contributed by atoms with van der Waals surface area (Å²) >= 11 is 4.05. The highest BCUT2D eigenvalue weighted by Gasteiger charge is 2.01. The lowest BCUT2D eigenvalue weighted by Crippen LogP contribution is -2.02. The molecule has 0 saturated carbocycles. The van der Waals surface area contributed by atoms with Crippen LogP contribution in [0.2, 0.25) is 0 Å². The smallest absolute Gasteiger partial charge is 0.126 e. The fraction of sp³-hybridized carbons (Fsp3) is 0.273. The van der Waals surface area contributed by atoms with Crippen LogP contribution < -0.4 is 4.74 Å². The second-order valence-electron chi connectivity index (χ2n) is 3.11. The Hall–Kier alpha value is -0.960. The summed E-state index contributed by atoms with van der Waals surface area (Å²) in [6.45, 7) is 6.00. The molecule has 1 aromatic rings. The Bertz CT molecular complexity index is 336. The van der Waals surface area contributed by atoms with Crippen molar-refractivity contribution in [3.63, 3.8) is 0 Å². The summed E-state index contributed by atoms with van der Waals surface area (Å²) < 4.78 is 18.2. The van der Waals surface area contributed by atoms with Crippen molar-refractivity contribution in [2.75, 3.05) is 12.4 Å². The first-order chi connectivity index (χ1) is 6.63. The van der Waals surface area contributed by atoms with Crippen molar-refractivity contribution in [3.05, 3.63) is 41.7 Å². The zero-order chi connectivity index (χ0) is 10.6. The van der Waals surface area contributed by atoms with Crippen molar-refractivity contribution < 1.29 is 9.13 Å². The molecule has 0 aliphatic carbocycles. The highest BCUT2D eigenvalue weighted by Crippen LogP contribution is 2.19. The lowest BCUT2D eigenvalue weighted by atomic mass is 10.2. The minimum Gasteiger partial charge on any atom is -0.489 e. The molecular weight excluding hydrogens is 199 g/mol. The van der Waals surface area contributed by atoms with Crippen molar-refractivity contribution in [1.82, 2.24) is 0 Å². The quantitative estimate of drug-likeness (QED) is 0.596. The molecular formula is C11H13FOS. The predicted molar refractivity (Wildman–Crippen MR) is 59.6 cm³/mol. The van der Waals surface area contributed by atoms with Gasteiger partial charge in [0, 0.05) is 11.8 Å². The summed E-state index contributed by atoms with van der Waals surface area (Å²) in [7, 11) is 0. The predicted octanol–water partition coefficient (Wildman–Crippen LogP) is 3.00. The molecule has 0 amide bonds. The number of ether oxygens (including phenoxy) is 1. The Morgan fingerprint density at radius 3 is 2.93 bits per heavy atom. The number of benzene rings is 1. The maximum absolute atomic E-state index is 12.8. The molecule has 0 radical (unpaired) electrons. The topological polar surface area (TPSA) is 9.23 Å². The Morgan fingerprint density at radius 1 is 1.57 bits per heavy atom. The number of thiol groups is 1. The average molecular weight is 212 g/mol. The summed E-state index contributed by atoms with van der Waals surface area (Å²) in [4.78, 5) is 0. The lowest BCUT2D eigenvalue weighted by molar-refractivity contribution is 0.348. The van der Waals surface area contributed by atoms with Crippen LogP contribution in [0.5, 0.6) is 5.75 Å². The van der Waals surface area contributed by atoms with E-state index in [0.717, 1.165) is 11.1 Å². The van der Waals surface area contributed by atoms with Crippen LogP contribution in [0.3, 0.4) is 0 Å². The van der Waals surface area contributed by atoms with Crippen LogP contribution in [0.1, 0.15) is 5.56 Å². The molecule has 0 heterocycles. The van der Waals surface area contributed by atoms with Gasteiger partial charge in [-0.05, 0) is 24.1 Å². The lowest BCUT2D eigenvalue weighted by Gasteiger charge is -2.09. The van der Waals surface area contributed by atoms with Crippen LogP contribution in [0.25, 0.3) is 0 Å². The molecule has 0 spiro atoms. The van der Waals surface area contributed by atoms with Crippen molar-refractivity contribution in [3.8, 4) is 5.75 Å². The summed E-state index contributed by atoms with van der Waals surface area (Å²) in [5.74, 6) is 0.851. The Labute approximate surface area is 89.0 Å². The largest absolute Gasteiger partial charge is 0.489 e. The fourth-order valence-electron chi connectivity index (χ4n) is 0.955. The van der Waals surface area contributed by atoms with Gasteiger partial charge in [0.05, 0.1) is 0 Å². The minimum absolute atomic E-state index is 0.290. The standard InChI is InChI=1S/C11H13FOS/c1-8(7-14)6-13-11-5-10(12)4-3-9(11)2/h3-5,14H,1,6-7H2,2H3. The molecule has 0 bridgehead atoms. The second-order valence-corrected chi connectivity index (χ2v) is 3.42. The van der Waals surface area contributed by atoms with Gasteiger partial charge in [-0.25, -0.2) is 4.39 Å². The fourth-order valence-corrected chi connectivity index (χ4v) is 1.05. The highest BCUT2D eigenvalue weighted by molar-refractivity contribution is 7.80. The second kappa shape index (κ2) is 5.05. The van der Waals surface area contributed by atoms with Gasteiger partial charge in [0.25, 0.3) is 0 Å². The summed E-state index contributed by atoms with van der Waals surface area (Å²) in [5.41, 5.74) is 1.79. The molecule has 0 unspecified atom stereocenters. The Kier molecular flexibility index (Phi) is 4.01. The molecule has 14 heavy (non-hydrogen) atoms. The van der Waals surface area contributed by atoms with E-state index in [4.69, 9.17) is 4.74 Å². The molecule has 3 heteroatoms. The third kappa shape index (κ3) is 3.07. The number of rotatable bonds is 4. The van der Waals surface area contributed by atoms with E-state index in [1.807, 2.05) is 6.92 Å². The first-order valence-corrected chi connectivity index (χ1v) is 4.93. The van der Waals surface area contributed by atoms with Crippen molar-refractivity contribution in [2.45, 2.75) is 6.92 Å². The molecule has 0 aliphatic rings. The zero-order valence-corrected chi connectivity index (χ0v) is 8.98. The average Bonchev–Trinajstić information content (AvgIpc) is 2.19. The number of hydrogen-bond acceptors (Lipinski definition) is 2. The maximum atomic E-state index is 12.8. The van der Waals surface area contributed by atoms with E-state index < -0.39 is 0 Å². The van der Waals surface area contributed by atoms with E-state index in [1.54, 1.807) is 6.07 Å². The molecule has 76 valence electrons. The molecule has 1 aromatic carbocycles. The number of hydrogen-bond donors (Lipinski definition) is 1. The van der Waals surface area contributed by atoms with Crippen LogP contribution in [-0.4, -0.2) is 12.4 Å². The van der Waals surface area contributed by atoms with Crippen molar-refractivity contribution >= 4 is 12.6 Å². The van der Waals surface area contributed by atoms with E-state index in [9.17, 15) is 4.39 Å². The van der Waals surface area contributed by atoms with Gasteiger partial charge in [-0.15, -0.1) is 0 Å². The number of halogens is 1. The van der Waals surface area contributed by atoms with E-state index in [2.05, 4.69) is 19.2 Å². The van der Waals surface area contributed by atoms with Crippen LogP contribution in [-0.2, 0) is 0 Å². The first-order valence-electron chi connectivity index (χ1n) is 4.30. The SMILES string of the molecule is C=C(CS)COc1cc(F)ccc1C. The van der Waals surface area contributed by atoms with Crippen LogP contribution in [0.4, 0.5) is 4.39 Å². The van der Waals surface area contributed by atoms with Gasteiger partial charge in [-0.3, -0.25) is 0 Å².